The Morgan fingerprint density at radius 1 is 1.16 bits per heavy atom. The lowest BCUT2D eigenvalue weighted by Gasteiger charge is -2.33. The summed E-state index contributed by atoms with van der Waals surface area (Å²) >= 11 is 1.21. The number of aromatic hydroxyl groups is 1. The van der Waals surface area contributed by atoms with Crippen molar-refractivity contribution in [1.82, 2.24) is 9.88 Å². The minimum atomic E-state index is -4.39. The molecule has 1 aliphatic rings. The first-order chi connectivity index (χ1) is 15.1. The lowest BCUT2D eigenvalue weighted by atomic mass is 9.90. The van der Waals surface area contributed by atoms with E-state index in [2.05, 4.69) is 4.98 Å². The Labute approximate surface area is 188 Å². The molecule has 8 heteroatoms. The van der Waals surface area contributed by atoms with E-state index in [1.54, 1.807) is 13.0 Å². The van der Waals surface area contributed by atoms with Crippen LogP contribution in [-0.4, -0.2) is 34.0 Å². The molecule has 1 aromatic heterocycles. The Bertz CT molecular complexity index is 1140. The van der Waals surface area contributed by atoms with Crippen molar-refractivity contribution in [3.05, 3.63) is 69.7 Å². The molecule has 0 radical (unpaired) electrons. The van der Waals surface area contributed by atoms with Gasteiger partial charge in [0, 0.05) is 24.6 Å². The molecule has 1 amide bonds. The summed E-state index contributed by atoms with van der Waals surface area (Å²) in [4.78, 5) is 20.0. The Morgan fingerprint density at radius 3 is 2.53 bits per heavy atom. The highest BCUT2D eigenvalue weighted by Crippen LogP contribution is 2.35. The van der Waals surface area contributed by atoms with Crippen molar-refractivity contribution >= 4 is 17.2 Å². The van der Waals surface area contributed by atoms with E-state index >= 15 is 0 Å². The first-order valence-corrected chi connectivity index (χ1v) is 11.2. The number of halogens is 3. The first-order valence-electron chi connectivity index (χ1n) is 10.4. The van der Waals surface area contributed by atoms with Gasteiger partial charge in [0.25, 0.3) is 5.91 Å². The zero-order valence-electron chi connectivity index (χ0n) is 17.7. The quantitative estimate of drug-likeness (QED) is 0.509. The number of carbonyl (C=O) groups is 1. The maximum atomic E-state index is 13.2. The largest absolute Gasteiger partial charge is 0.508 e. The average molecular weight is 461 g/mol. The fraction of sp³-hybridized carbons (Fsp3) is 0.333. The molecule has 1 saturated heterocycles. The van der Waals surface area contributed by atoms with Gasteiger partial charge in [-0.1, -0.05) is 24.3 Å². The van der Waals surface area contributed by atoms with Gasteiger partial charge in [-0.05, 0) is 56.0 Å². The van der Waals surface area contributed by atoms with Gasteiger partial charge < -0.3 is 10.0 Å². The fourth-order valence-corrected chi connectivity index (χ4v) is 5.02. The molecule has 168 valence electrons. The third-order valence-electron chi connectivity index (χ3n) is 5.86. The van der Waals surface area contributed by atoms with Crippen molar-refractivity contribution in [2.45, 2.75) is 38.8 Å². The summed E-state index contributed by atoms with van der Waals surface area (Å²) < 4.78 is 38.5. The van der Waals surface area contributed by atoms with Gasteiger partial charge >= 0.3 is 6.18 Å². The minimum absolute atomic E-state index is 0.112. The standard InChI is InChI=1S/C24H23F3N2O2S/c1-14-5-6-17(12-20(14)30)18-4-3-11-29(13-18)23(31)21-15(2)28-22(32-21)16-7-9-19(10-8-16)24(25,26)27/h5-10,12,18,30H,3-4,11,13H2,1-2H3/t18-/m0/s1. The predicted molar refractivity (Wildman–Crippen MR) is 118 cm³/mol. The Kier molecular flexibility index (Phi) is 5.99. The predicted octanol–water partition coefficient (Wildman–Crippen LogP) is 6.17. The van der Waals surface area contributed by atoms with Crippen molar-refractivity contribution in [3.8, 4) is 16.3 Å². The topological polar surface area (TPSA) is 53.4 Å². The van der Waals surface area contributed by atoms with Gasteiger partial charge in [-0.25, -0.2) is 4.98 Å². The van der Waals surface area contributed by atoms with Crippen LogP contribution < -0.4 is 0 Å². The van der Waals surface area contributed by atoms with Crippen molar-refractivity contribution in [2.75, 3.05) is 13.1 Å². The molecule has 1 N–H and O–H groups in total. The van der Waals surface area contributed by atoms with Crippen LogP contribution in [0.5, 0.6) is 5.75 Å². The van der Waals surface area contributed by atoms with Crippen LogP contribution in [0.25, 0.3) is 10.6 Å². The van der Waals surface area contributed by atoms with Crippen LogP contribution in [0.2, 0.25) is 0 Å². The number of phenols is 1. The maximum absolute atomic E-state index is 13.2. The lowest BCUT2D eigenvalue weighted by molar-refractivity contribution is -0.137. The van der Waals surface area contributed by atoms with Crippen LogP contribution in [0.3, 0.4) is 0 Å². The molecule has 0 aliphatic carbocycles. The van der Waals surface area contributed by atoms with E-state index < -0.39 is 11.7 Å². The number of rotatable bonds is 3. The molecule has 0 unspecified atom stereocenters. The monoisotopic (exact) mass is 460 g/mol. The molecule has 1 atom stereocenters. The van der Waals surface area contributed by atoms with E-state index in [1.165, 1.54) is 23.5 Å². The Balaban J connectivity index is 1.53. The Hall–Kier alpha value is -2.87. The molecule has 32 heavy (non-hydrogen) atoms. The van der Waals surface area contributed by atoms with Crippen LogP contribution in [0.4, 0.5) is 13.2 Å². The number of thiazole rings is 1. The van der Waals surface area contributed by atoms with Gasteiger partial charge in [-0.3, -0.25) is 4.79 Å². The number of likely N-dealkylation sites (tertiary alicyclic amines) is 1. The summed E-state index contributed by atoms with van der Waals surface area (Å²) in [6, 6.07) is 10.5. The molecule has 1 aliphatic heterocycles. The van der Waals surface area contributed by atoms with Crippen LogP contribution in [-0.2, 0) is 6.18 Å². The van der Waals surface area contributed by atoms with E-state index in [0.29, 0.717) is 34.2 Å². The normalized spacial score (nSPS) is 16.9. The van der Waals surface area contributed by atoms with Gasteiger partial charge in [-0.2, -0.15) is 13.2 Å². The molecule has 4 rings (SSSR count). The number of aromatic nitrogens is 1. The number of amides is 1. The number of carbonyl (C=O) groups excluding carboxylic acids is 1. The SMILES string of the molecule is Cc1ccc([C@H]2CCCN(C(=O)c3sc(-c4ccc(C(F)(F)F)cc4)nc3C)C2)cc1O. The third kappa shape index (κ3) is 4.50. The molecule has 3 aromatic rings. The highest BCUT2D eigenvalue weighted by atomic mass is 32.1. The van der Waals surface area contributed by atoms with E-state index in [0.717, 1.165) is 36.1 Å². The molecule has 0 bridgehead atoms. The number of alkyl halides is 3. The minimum Gasteiger partial charge on any atom is -0.508 e. The van der Waals surface area contributed by atoms with Crippen LogP contribution >= 0.6 is 11.3 Å². The van der Waals surface area contributed by atoms with E-state index in [1.807, 2.05) is 24.0 Å². The number of hydrogen-bond acceptors (Lipinski definition) is 4. The molecule has 4 nitrogen and oxygen atoms in total. The van der Waals surface area contributed by atoms with E-state index in [-0.39, 0.29) is 17.6 Å². The van der Waals surface area contributed by atoms with Gasteiger partial charge in [0.1, 0.15) is 15.6 Å². The van der Waals surface area contributed by atoms with Crippen molar-refractivity contribution in [1.29, 1.82) is 0 Å². The number of aryl methyl sites for hydroxylation is 2. The van der Waals surface area contributed by atoms with Gasteiger partial charge in [0.15, 0.2) is 0 Å². The van der Waals surface area contributed by atoms with Gasteiger partial charge in [-0.15, -0.1) is 11.3 Å². The second-order valence-corrected chi connectivity index (χ2v) is 9.14. The molecular formula is C24H23F3N2O2S. The molecule has 2 aromatic carbocycles. The average Bonchev–Trinajstić information content (AvgIpc) is 3.16. The smallest absolute Gasteiger partial charge is 0.416 e. The Morgan fingerprint density at radius 2 is 1.88 bits per heavy atom. The van der Waals surface area contributed by atoms with Gasteiger partial charge in [0.2, 0.25) is 0 Å². The van der Waals surface area contributed by atoms with E-state index in [9.17, 15) is 23.1 Å². The maximum Gasteiger partial charge on any atom is 0.416 e. The zero-order chi connectivity index (χ0) is 23.0. The fourth-order valence-electron chi connectivity index (χ4n) is 3.98. The van der Waals surface area contributed by atoms with Crippen LogP contribution in [0.15, 0.2) is 42.5 Å². The summed E-state index contributed by atoms with van der Waals surface area (Å²) in [5, 5.41) is 10.6. The van der Waals surface area contributed by atoms with Crippen molar-refractivity contribution < 1.29 is 23.1 Å². The van der Waals surface area contributed by atoms with Crippen molar-refractivity contribution in [2.24, 2.45) is 0 Å². The first kappa shape index (κ1) is 22.3. The second-order valence-electron chi connectivity index (χ2n) is 8.14. The van der Waals surface area contributed by atoms with Crippen LogP contribution in [0, 0.1) is 13.8 Å². The highest BCUT2D eigenvalue weighted by Gasteiger charge is 2.31. The number of hydrogen-bond donors (Lipinski definition) is 1. The summed E-state index contributed by atoms with van der Waals surface area (Å²) in [6.07, 6.45) is -2.60. The summed E-state index contributed by atoms with van der Waals surface area (Å²) in [5.41, 5.74) is 2.24. The number of piperidine rings is 1. The molecule has 0 saturated carbocycles. The number of nitrogens with zero attached hydrogens (tertiary/aromatic N) is 2. The van der Waals surface area contributed by atoms with Crippen molar-refractivity contribution in [3.63, 3.8) is 0 Å². The van der Waals surface area contributed by atoms with Crippen LogP contribution in [0.1, 0.15) is 50.8 Å². The highest BCUT2D eigenvalue weighted by molar-refractivity contribution is 7.17. The second kappa shape index (κ2) is 8.58. The molecule has 0 spiro atoms. The summed E-state index contributed by atoms with van der Waals surface area (Å²) in [7, 11) is 0. The van der Waals surface area contributed by atoms with Gasteiger partial charge in [0.05, 0.1) is 11.3 Å². The molecule has 1 fully saturated rings. The third-order valence-corrected chi connectivity index (χ3v) is 7.06. The van der Waals surface area contributed by atoms with E-state index in [4.69, 9.17) is 0 Å². The number of benzene rings is 2. The zero-order valence-corrected chi connectivity index (χ0v) is 18.6. The lowest BCUT2D eigenvalue weighted by Crippen LogP contribution is -2.39. The number of phenolic OH excluding ortho intramolecular Hbond substituents is 1. The summed E-state index contributed by atoms with van der Waals surface area (Å²) in [6.45, 7) is 4.78. The molecule has 2 heterocycles. The molecular weight excluding hydrogens is 437 g/mol. The summed E-state index contributed by atoms with van der Waals surface area (Å²) in [5.74, 6) is 0.284.